The average Bonchev–Trinajstić information content (AvgIpc) is 3.24. The third kappa shape index (κ3) is 4.96. The van der Waals surface area contributed by atoms with Crippen molar-refractivity contribution in [3.63, 3.8) is 0 Å². The van der Waals surface area contributed by atoms with E-state index in [1.165, 1.54) is 9.21 Å². The van der Waals surface area contributed by atoms with Crippen LogP contribution < -0.4 is 10.2 Å². The van der Waals surface area contributed by atoms with Crippen molar-refractivity contribution >= 4 is 27.5 Å². The molecule has 2 aliphatic rings. The Labute approximate surface area is 195 Å². The molecule has 0 aromatic heterocycles. The molecular weight excluding hydrogens is 438 g/mol. The van der Waals surface area contributed by atoms with Gasteiger partial charge in [0.2, 0.25) is 21.8 Å². The molecule has 0 radical (unpaired) electrons. The maximum absolute atomic E-state index is 13.1. The highest BCUT2D eigenvalue weighted by Gasteiger charge is 2.38. The molecule has 1 atom stereocenters. The summed E-state index contributed by atoms with van der Waals surface area (Å²) < 4.78 is 27.8. The fourth-order valence-electron chi connectivity index (χ4n) is 4.62. The number of rotatable bonds is 7. The van der Waals surface area contributed by atoms with Gasteiger partial charge in [-0.3, -0.25) is 14.5 Å². The van der Waals surface area contributed by atoms with Crippen molar-refractivity contribution in [1.29, 1.82) is 0 Å². The van der Waals surface area contributed by atoms with Crippen molar-refractivity contribution < 1.29 is 18.0 Å². The molecule has 0 spiro atoms. The first kappa shape index (κ1) is 23.4. The van der Waals surface area contributed by atoms with Gasteiger partial charge in [-0.2, -0.15) is 4.31 Å². The van der Waals surface area contributed by atoms with Gasteiger partial charge in [0, 0.05) is 38.2 Å². The third-order valence-corrected chi connectivity index (χ3v) is 8.31. The van der Waals surface area contributed by atoms with E-state index in [0.29, 0.717) is 38.2 Å². The first-order chi connectivity index (χ1) is 15.9. The lowest BCUT2D eigenvalue weighted by molar-refractivity contribution is -0.126. The molecule has 7 nitrogen and oxygen atoms in total. The largest absolute Gasteiger partial charge is 0.354 e. The monoisotopic (exact) mass is 469 g/mol. The molecule has 2 amide bonds. The van der Waals surface area contributed by atoms with Crippen LogP contribution in [0.5, 0.6) is 0 Å². The van der Waals surface area contributed by atoms with Crippen LogP contribution in [0.1, 0.15) is 43.7 Å². The quantitative estimate of drug-likeness (QED) is 0.676. The first-order valence-corrected chi connectivity index (χ1v) is 13.1. The fourth-order valence-corrected chi connectivity index (χ4v) is 6.19. The van der Waals surface area contributed by atoms with E-state index in [4.69, 9.17) is 0 Å². The van der Waals surface area contributed by atoms with Gasteiger partial charge in [0.15, 0.2) is 0 Å². The summed E-state index contributed by atoms with van der Waals surface area (Å²) in [5, 5.41) is 2.95. The van der Waals surface area contributed by atoms with Crippen LogP contribution in [0, 0.1) is 0 Å². The van der Waals surface area contributed by atoms with Crippen LogP contribution in [0.3, 0.4) is 0 Å². The Bertz CT molecular complexity index is 1110. The van der Waals surface area contributed by atoms with E-state index >= 15 is 0 Å². The number of sulfonamides is 1. The molecule has 2 aliphatic heterocycles. The molecule has 2 heterocycles. The Balaban J connectivity index is 1.52. The minimum absolute atomic E-state index is 0.149. The van der Waals surface area contributed by atoms with Crippen LogP contribution in [0.25, 0.3) is 0 Å². The number of hydrogen-bond donors (Lipinski definition) is 1. The van der Waals surface area contributed by atoms with Crippen LogP contribution in [-0.4, -0.2) is 50.2 Å². The second-order valence-corrected chi connectivity index (χ2v) is 10.6. The van der Waals surface area contributed by atoms with Crippen LogP contribution in [0.2, 0.25) is 0 Å². The summed E-state index contributed by atoms with van der Waals surface area (Å²) in [5.74, 6) is -0.368. The number of anilines is 1. The zero-order valence-corrected chi connectivity index (χ0v) is 19.8. The molecule has 8 heteroatoms. The summed E-state index contributed by atoms with van der Waals surface area (Å²) in [6.45, 7) is 3.30. The SMILES string of the molecule is CCC(=O)N1c2ccc(S(=O)(=O)N3CCCCC3)cc2CC1C(=O)NCCc1ccccc1. The number of hydrogen-bond acceptors (Lipinski definition) is 4. The normalized spacial score (nSPS) is 18.7. The number of carbonyl (C=O) groups excluding carboxylic acids is 2. The average molecular weight is 470 g/mol. The van der Waals surface area contributed by atoms with E-state index in [0.717, 1.165) is 30.4 Å². The highest BCUT2D eigenvalue weighted by Crippen LogP contribution is 2.35. The molecule has 1 N–H and O–H groups in total. The summed E-state index contributed by atoms with van der Waals surface area (Å²) in [6, 6.07) is 14.1. The topological polar surface area (TPSA) is 86.8 Å². The van der Waals surface area contributed by atoms with Gasteiger partial charge in [-0.15, -0.1) is 0 Å². The lowest BCUT2D eigenvalue weighted by Crippen LogP contribution is -2.48. The predicted molar refractivity (Wildman–Crippen MR) is 127 cm³/mol. The molecule has 33 heavy (non-hydrogen) atoms. The zero-order chi connectivity index (χ0) is 23.4. The van der Waals surface area contributed by atoms with Gasteiger partial charge >= 0.3 is 0 Å². The summed E-state index contributed by atoms with van der Waals surface area (Å²) in [7, 11) is -3.58. The number of nitrogens with zero attached hydrogens (tertiary/aromatic N) is 2. The molecule has 1 fully saturated rings. The highest BCUT2D eigenvalue weighted by molar-refractivity contribution is 7.89. The van der Waals surface area contributed by atoms with Gasteiger partial charge < -0.3 is 5.32 Å². The molecule has 0 bridgehead atoms. The van der Waals surface area contributed by atoms with Crippen LogP contribution in [0.4, 0.5) is 5.69 Å². The van der Waals surface area contributed by atoms with Crippen LogP contribution in [-0.2, 0) is 32.5 Å². The van der Waals surface area contributed by atoms with Gasteiger partial charge in [-0.1, -0.05) is 43.7 Å². The fraction of sp³-hybridized carbons (Fsp3) is 0.440. The summed E-state index contributed by atoms with van der Waals surface area (Å²) >= 11 is 0. The predicted octanol–water partition coefficient (Wildman–Crippen LogP) is 2.89. The maximum atomic E-state index is 13.1. The van der Waals surface area contributed by atoms with Crippen molar-refractivity contribution in [2.45, 2.75) is 56.4 Å². The van der Waals surface area contributed by atoms with Crippen molar-refractivity contribution in [2.75, 3.05) is 24.5 Å². The highest BCUT2D eigenvalue weighted by atomic mass is 32.2. The Hall–Kier alpha value is -2.71. The smallest absolute Gasteiger partial charge is 0.243 e. The number of carbonyl (C=O) groups is 2. The Kier molecular flexibility index (Phi) is 7.14. The molecule has 1 saturated heterocycles. The summed E-state index contributed by atoms with van der Waals surface area (Å²) in [6.07, 6.45) is 4.06. The van der Waals surface area contributed by atoms with E-state index in [9.17, 15) is 18.0 Å². The second kappa shape index (κ2) is 10.1. The number of piperidine rings is 1. The Morgan fingerprint density at radius 3 is 2.45 bits per heavy atom. The zero-order valence-electron chi connectivity index (χ0n) is 19.0. The van der Waals surface area contributed by atoms with Gasteiger partial charge in [-0.25, -0.2) is 8.42 Å². The number of nitrogens with one attached hydrogen (secondary N) is 1. The molecule has 4 rings (SSSR count). The summed E-state index contributed by atoms with van der Waals surface area (Å²) in [4.78, 5) is 27.5. The lowest BCUT2D eigenvalue weighted by atomic mass is 10.1. The molecule has 2 aromatic rings. The molecule has 0 saturated carbocycles. The van der Waals surface area contributed by atoms with Gasteiger partial charge in [0.05, 0.1) is 4.90 Å². The van der Waals surface area contributed by atoms with E-state index < -0.39 is 16.1 Å². The molecule has 176 valence electrons. The van der Waals surface area contributed by atoms with Crippen molar-refractivity contribution in [3.8, 4) is 0 Å². The number of fused-ring (bicyclic) bond motifs is 1. The van der Waals surface area contributed by atoms with Crippen molar-refractivity contribution in [2.24, 2.45) is 0 Å². The number of amides is 2. The van der Waals surface area contributed by atoms with E-state index in [1.807, 2.05) is 30.3 Å². The summed E-state index contributed by atoms with van der Waals surface area (Å²) in [5.41, 5.74) is 2.47. The Morgan fingerprint density at radius 2 is 1.76 bits per heavy atom. The van der Waals surface area contributed by atoms with Crippen molar-refractivity contribution in [3.05, 3.63) is 59.7 Å². The number of benzene rings is 2. The van der Waals surface area contributed by atoms with Gasteiger partial charge in [-0.05, 0) is 48.6 Å². The van der Waals surface area contributed by atoms with Crippen LogP contribution >= 0.6 is 0 Å². The molecular formula is C25H31N3O4S. The van der Waals surface area contributed by atoms with Crippen LogP contribution in [0.15, 0.2) is 53.4 Å². The first-order valence-electron chi connectivity index (χ1n) is 11.7. The van der Waals surface area contributed by atoms with Crippen molar-refractivity contribution in [1.82, 2.24) is 9.62 Å². The van der Waals surface area contributed by atoms with E-state index in [2.05, 4.69) is 5.32 Å². The van der Waals surface area contributed by atoms with Gasteiger partial charge in [0.25, 0.3) is 0 Å². The van der Waals surface area contributed by atoms with E-state index in [-0.39, 0.29) is 23.1 Å². The maximum Gasteiger partial charge on any atom is 0.243 e. The standard InChI is InChI=1S/C25H31N3O4S/c1-2-24(29)28-22-12-11-21(33(31,32)27-15-7-4-8-16-27)17-20(22)18-23(28)25(30)26-14-13-19-9-5-3-6-10-19/h3,5-6,9-12,17,23H,2,4,7-8,13-16,18H2,1H3,(H,26,30). The second-order valence-electron chi connectivity index (χ2n) is 8.62. The Morgan fingerprint density at radius 1 is 1.03 bits per heavy atom. The molecule has 1 unspecified atom stereocenters. The van der Waals surface area contributed by atoms with Gasteiger partial charge in [0.1, 0.15) is 6.04 Å². The third-order valence-electron chi connectivity index (χ3n) is 6.42. The minimum atomic E-state index is -3.58. The molecule has 2 aromatic carbocycles. The minimum Gasteiger partial charge on any atom is -0.354 e. The van der Waals surface area contributed by atoms with E-state index in [1.54, 1.807) is 25.1 Å². The lowest BCUT2D eigenvalue weighted by Gasteiger charge is -2.26. The molecule has 0 aliphatic carbocycles.